The lowest BCUT2D eigenvalue weighted by Crippen LogP contribution is -2.05. The minimum atomic E-state index is 0.679. The topological polar surface area (TPSA) is 67.6 Å². The Morgan fingerprint density at radius 1 is 1.26 bits per heavy atom. The van der Waals surface area contributed by atoms with E-state index in [9.17, 15) is 0 Å². The molecule has 5 heteroatoms. The molecular weight excluding hydrogens is 240 g/mol. The largest absolute Gasteiger partial charge is 0.353 e. The Labute approximate surface area is 110 Å². The van der Waals surface area contributed by atoms with Crippen molar-refractivity contribution in [3.05, 3.63) is 29.2 Å². The number of pyridine rings is 1. The van der Waals surface area contributed by atoms with Crippen molar-refractivity contribution in [3.63, 3.8) is 0 Å². The lowest BCUT2D eigenvalue weighted by Gasteiger charge is -2.13. The highest BCUT2D eigenvalue weighted by atomic mass is 16.5. The fourth-order valence-electron chi connectivity index (χ4n) is 2.73. The maximum atomic E-state index is 5.26. The number of hydrogen-bond acceptors (Lipinski definition) is 4. The maximum Gasteiger partial charge on any atom is 0.202 e. The highest BCUT2D eigenvalue weighted by Crippen LogP contribution is 2.28. The van der Waals surface area contributed by atoms with Crippen molar-refractivity contribution in [2.45, 2.75) is 32.6 Å². The number of hydrogen-bond donors (Lipinski definition) is 1. The summed E-state index contributed by atoms with van der Waals surface area (Å²) in [4.78, 5) is 12.5. The normalized spacial score (nSPS) is 14.8. The van der Waals surface area contributed by atoms with Crippen LogP contribution in [-0.4, -0.2) is 20.1 Å². The molecule has 0 fully saturated rings. The molecule has 19 heavy (non-hydrogen) atoms. The molecule has 0 aliphatic heterocycles. The molecule has 1 aliphatic carbocycles. The number of nitrogens with zero attached hydrogens (tertiary/aromatic N) is 3. The van der Waals surface area contributed by atoms with Crippen molar-refractivity contribution in [1.82, 2.24) is 20.1 Å². The molecule has 3 aromatic heterocycles. The van der Waals surface area contributed by atoms with Crippen LogP contribution >= 0.6 is 0 Å². The SMILES string of the molecule is Cc1cc(-c2nc3c4c(ncc3[nH]2)CCCC4)on1. The molecule has 0 spiro atoms. The summed E-state index contributed by atoms with van der Waals surface area (Å²) in [6.07, 6.45) is 6.45. The quantitative estimate of drug-likeness (QED) is 0.725. The predicted octanol–water partition coefficient (Wildman–Crippen LogP) is 2.80. The highest BCUT2D eigenvalue weighted by Gasteiger charge is 2.18. The standard InChI is InChI=1S/C14H14N4O/c1-8-6-12(19-18-8)14-16-11-7-15-10-5-3-2-4-9(10)13(11)17-14/h6-7H,2-5H2,1H3,(H,16,17). The van der Waals surface area contributed by atoms with Gasteiger partial charge in [0.25, 0.3) is 0 Å². The molecule has 0 saturated heterocycles. The molecule has 96 valence electrons. The Morgan fingerprint density at radius 3 is 3.00 bits per heavy atom. The lowest BCUT2D eigenvalue weighted by molar-refractivity contribution is 0.425. The van der Waals surface area contributed by atoms with Gasteiger partial charge < -0.3 is 9.51 Å². The van der Waals surface area contributed by atoms with Crippen molar-refractivity contribution >= 4 is 11.0 Å². The molecule has 3 heterocycles. The summed E-state index contributed by atoms with van der Waals surface area (Å²) in [5, 5.41) is 3.90. The first kappa shape index (κ1) is 10.7. The summed E-state index contributed by atoms with van der Waals surface area (Å²) >= 11 is 0. The summed E-state index contributed by atoms with van der Waals surface area (Å²) < 4.78 is 5.26. The molecule has 3 aromatic rings. The van der Waals surface area contributed by atoms with Gasteiger partial charge in [0.05, 0.1) is 22.9 Å². The van der Waals surface area contributed by atoms with E-state index in [0.29, 0.717) is 5.76 Å². The number of imidazole rings is 1. The van der Waals surface area contributed by atoms with E-state index in [0.717, 1.165) is 35.4 Å². The van der Waals surface area contributed by atoms with E-state index < -0.39 is 0 Å². The van der Waals surface area contributed by atoms with Crippen molar-refractivity contribution in [2.75, 3.05) is 0 Å². The number of aryl methyl sites for hydroxylation is 3. The Hall–Kier alpha value is -2.17. The molecular formula is C14H14N4O. The zero-order valence-corrected chi connectivity index (χ0v) is 10.7. The lowest BCUT2D eigenvalue weighted by atomic mass is 9.95. The van der Waals surface area contributed by atoms with Gasteiger partial charge in [-0.3, -0.25) is 4.98 Å². The molecule has 0 atom stereocenters. The van der Waals surface area contributed by atoms with Crippen LogP contribution in [0.4, 0.5) is 0 Å². The molecule has 1 aliphatic rings. The van der Waals surface area contributed by atoms with Crippen LogP contribution < -0.4 is 0 Å². The molecule has 0 bridgehead atoms. The summed E-state index contributed by atoms with van der Waals surface area (Å²) in [6, 6.07) is 1.89. The van der Waals surface area contributed by atoms with Gasteiger partial charge in [0.2, 0.25) is 5.76 Å². The van der Waals surface area contributed by atoms with Crippen molar-refractivity contribution in [3.8, 4) is 11.6 Å². The van der Waals surface area contributed by atoms with E-state index in [1.54, 1.807) is 0 Å². The van der Waals surface area contributed by atoms with Crippen LogP contribution in [0.1, 0.15) is 29.8 Å². The second-order valence-electron chi connectivity index (χ2n) is 5.07. The summed E-state index contributed by atoms with van der Waals surface area (Å²) in [5.41, 5.74) is 5.36. The predicted molar refractivity (Wildman–Crippen MR) is 70.8 cm³/mol. The summed E-state index contributed by atoms with van der Waals surface area (Å²) in [5.74, 6) is 1.41. The number of nitrogens with one attached hydrogen (secondary N) is 1. The van der Waals surface area contributed by atoms with E-state index in [2.05, 4.69) is 20.1 Å². The van der Waals surface area contributed by atoms with Gasteiger partial charge in [-0.2, -0.15) is 0 Å². The van der Waals surface area contributed by atoms with Gasteiger partial charge in [-0.15, -0.1) is 0 Å². The van der Waals surface area contributed by atoms with E-state index in [1.165, 1.54) is 24.1 Å². The fraction of sp³-hybridized carbons (Fsp3) is 0.357. The van der Waals surface area contributed by atoms with Crippen LogP contribution in [0.15, 0.2) is 16.8 Å². The van der Waals surface area contributed by atoms with Crippen molar-refractivity contribution in [1.29, 1.82) is 0 Å². The van der Waals surface area contributed by atoms with Gasteiger partial charge in [-0.1, -0.05) is 5.16 Å². The molecule has 0 unspecified atom stereocenters. The second-order valence-corrected chi connectivity index (χ2v) is 5.07. The second kappa shape index (κ2) is 3.91. The van der Waals surface area contributed by atoms with Gasteiger partial charge >= 0.3 is 0 Å². The number of fused-ring (bicyclic) bond motifs is 3. The van der Waals surface area contributed by atoms with Crippen LogP contribution in [0.3, 0.4) is 0 Å². The molecule has 5 nitrogen and oxygen atoms in total. The summed E-state index contributed by atoms with van der Waals surface area (Å²) in [6.45, 7) is 1.90. The van der Waals surface area contributed by atoms with Crippen LogP contribution in [0.2, 0.25) is 0 Å². The number of aromatic amines is 1. The zero-order chi connectivity index (χ0) is 12.8. The third kappa shape index (κ3) is 1.65. The average molecular weight is 254 g/mol. The third-order valence-corrected chi connectivity index (χ3v) is 3.67. The van der Waals surface area contributed by atoms with E-state index in [-0.39, 0.29) is 0 Å². The first-order valence-electron chi connectivity index (χ1n) is 6.61. The Balaban J connectivity index is 1.91. The minimum absolute atomic E-state index is 0.679. The Morgan fingerprint density at radius 2 is 2.16 bits per heavy atom. The molecule has 0 saturated carbocycles. The van der Waals surface area contributed by atoms with Crippen LogP contribution in [0.5, 0.6) is 0 Å². The fourth-order valence-corrected chi connectivity index (χ4v) is 2.73. The van der Waals surface area contributed by atoms with Crippen LogP contribution in [-0.2, 0) is 12.8 Å². The molecule has 4 rings (SSSR count). The Kier molecular flexibility index (Phi) is 2.21. The average Bonchev–Trinajstić information content (AvgIpc) is 3.04. The number of H-pyrrole nitrogens is 1. The van der Waals surface area contributed by atoms with Gasteiger partial charge in [0.1, 0.15) is 0 Å². The highest BCUT2D eigenvalue weighted by molar-refractivity contribution is 5.81. The molecule has 0 radical (unpaired) electrons. The van der Waals surface area contributed by atoms with Crippen molar-refractivity contribution < 1.29 is 4.52 Å². The Bertz CT molecular complexity index is 756. The van der Waals surface area contributed by atoms with Crippen LogP contribution in [0.25, 0.3) is 22.6 Å². The zero-order valence-electron chi connectivity index (χ0n) is 10.7. The smallest absolute Gasteiger partial charge is 0.202 e. The molecule has 0 amide bonds. The molecule has 0 aromatic carbocycles. The summed E-state index contributed by atoms with van der Waals surface area (Å²) in [7, 11) is 0. The van der Waals surface area contributed by atoms with Gasteiger partial charge in [0, 0.05) is 17.3 Å². The number of rotatable bonds is 1. The van der Waals surface area contributed by atoms with E-state index >= 15 is 0 Å². The van der Waals surface area contributed by atoms with E-state index in [1.807, 2.05) is 19.2 Å². The monoisotopic (exact) mass is 254 g/mol. The molecule has 1 N–H and O–H groups in total. The van der Waals surface area contributed by atoms with E-state index in [4.69, 9.17) is 4.52 Å². The van der Waals surface area contributed by atoms with Crippen LogP contribution in [0, 0.1) is 6.92 Å². The first-order chi connectivity index (χ1) is 9.31. The van der Waals surface area contributed by atoms with Crippen molar-refractivity contribution in [2.24, 2.45) is 0 Å². The van der Waals surface area contributed by atoms with Gasteiger partial charge in [-0.25, -0.2) is 4.98 Å². The first-order valence-corrected chi connectivity index (χ1v) is 6.61. The third-order valence-electron chi connectivity index (χ3n) is 3.67. The van der Waals surface area contributed by atoms with Gasteiger partial charge in [0.15, 0.2) is 5.82 Å². The van der Waals surface area contributed by atoms with Gasteiger partial charge in [-0.05, 0) is 32.6 Å². The maximum absolute atomic E-state index is 5.26. The number of aromatic nitrogens is 4. The minimum Gasteiger partial charge on any atom is -0.353 e.